The van der Waals surface area contributed by atoms with Gasteiger partial charge in [-0.05, 0) is 44.2 Å². The molecule has 0 aromatic heterocycles. The van der Waals surface area contributed by atoms with E-state index in [9.17, 15) is 9.18 Å². The topological polar surface area (TPSA) is 58.4 Å². The van der Waals surface area contributed by atoms with Gasteiger partial charge in [0.2, 0.25) is 5.91 Å². The third-order valence-electron chi connectivity index (χ3n) is 3.25. The lowest BCUT2D eigenvalue weighted by Crippen LogP contribution is -2.60. The van der Waals surface area contributed by atoms with Gasteiger partial charge in [0.15, 0.2) is 0 Å². The number of amides is 1. The highest BCUT2D eigenvalue weighted by Gasteiger charge is 2.33. The van der Waals surface area contributed by atoms with Crippen molar-refractivity contribution >= 4 is 11.6 Å². The van der Waals surface area contributed by atoms with Crippen LogP contribution in [0.5, 0.6) is 0 Å². The molecule has 0 radical (unpaired) electrons. The van der Waals surface area contributed by atoms with E-state index in [1.165, 1.54) is 12.1 Å². The van der Waals surface area contributed by atoms with Crippen LogP contribution in [0.25, 0.3) is 0 Å². The van der Waals surface area contributed by atoms with Crippen LogP contribution >= 0.6 is 0 Å². The summed E-state index contributed by atoms with van der Waals surface area (Å²) in [6.07, 6.45) is 0.591. The minimum Gasteiger partial charge on any atom is -0.355 e. The van der Waals surface area contributed by atoms with E-state index >= 15 is 0 Å². The molecule has 2 unspecified atom stereocenters. The molecule has 3 N–H and O–H groups in total. The largest absolute Gasteiger partial charge is 0.355 e. The van der Waals surface area contributed by atoms with Crippen molar-refractivity contribution in [2.75, 3.05) is 18.0 Å². The van der Waals surface area contributed by atoms with Gasteiger partial charge in [-0.3, -0.25) is 4.79 Å². The maximum Gasteiger partial charge on any atom is 0.242 e. The van der Waals surface area contributed by atoms with E-state index in [0.717, 1.165) is 5.69 Å². The molecule has 2 rings (SSSR count). The first-order valence-corrected chi connectivity index (χ1v) is 6.15. The average molecular weight is 251 g/mol. The van der Waals surface area contributed by atoms with Crippen molar-refractivity contribution in [1.82, 2.24) is 5.32 Å². The number of nitrogens with zero attached hydrogens (tertiary/aromatic N) is 1. The fraction of sp³-hybridized carbons (Fsp3) is 0.462. The fourth-order valence-corrected chi connectivity index (χ4v) is 2.37. The highest BCUT2D eigenvalue weighted by molar-refractivity contribution is 5.86. The Morgan fingerprint density at radius 1 is 1.44 bits per heavy atom. The highest BCUT2D eigenvalue weighted by atomic mass is 19.1. The second kappa shape index (κ2) is 5.35. The summed E-state index contributed by atoms with van der Waals surface area (Å²) in [6, 6.07) is 6.12. The molecule has 0 spiro atoms. The number of rotatable bonds is 3. The Balaban J connectivity index is 2.30. The van der Waals surface area contributed by atoms with Crippen LogP contribution < -0.4 is 16.0 Å². The number of nitrogens with one attached hydrogen (secondary N) is 1. The third-order valence-corrected chi connectivity index (χ3v) is 3.25. The van der Waals surface area contributed by atoms with Gasteiger partial charge in [-0.2, -0.15) is 0 Å². The molecule has 0 aliphatic carbocycles. The molecule has 0 bridgehead atoms. The molecular formula is C13H18FN3O. The second-order valence-corrected chi connectivity index (χ2v) is 4.57. The lowest BCUT2D eigenvalue weighted by atomic mass is 10.0. The Morgan fingerprint density at radius 3 is 2.72 bits per heavy atom. The summed E-state index contributed by atoms with van der Waals surface area (Å²) in [5.74, 6) is -0.286. The van der Waals surface area contributed by atoms with Crippen molar-refractivity contribution < 1.29 is 9.18 Å². The van der Waals surface area contributed by atoms with Crippen molar-refractivity contribution in [3.63, 3.8) is 0 Å². The SMILES string of the molecule is CC1CNC(=O)C(CCN)N1c1ccc(F)cc1. The van der Waals surface area contributed by atoms with Crippen molar-refractivity contribution in [1.29, 1.82) is 0 Å². The fourth-order valence-electron chi connectivity index (χ4n) is 2.37. The maximum atomic E-state index is 13.0. The van der Waals surface area contributed by atoms with Crippen molar-refractivity contribution in [2.24, 2.45) is 5.73 Å². The van der Waals surface area contributed by atoms with E-state index in [1.807, 2.05) is 11.8 Å². The molecule has 1 aliphatic heterocycles. The lowest BCUT2D eigenvalue weighted by molar-refractivity contribution is -0.123. The lowest BCUT2D eigenvalue weighted by Gasteiger charge is -2.41. The van der Waals surface area contributed by atoms with Crippen molar-refractivity contribution in [3.05, 3.63) is 30.1 Å². The summed E-state index contributed by atoms with van der Waals surface area (Å²) in [7, 11) is 0. The summed E-state index contributed by atoms with van der Waals surface area (Å²) in [4.78, 5) is 13.9. The van der Waals surface area contributed by atoms with Crippen LogP contribution in [-0.2, 0) is 4.79 Å². The predicted octanol–water partition coefficient (Wildman–Crippen LogP) is 0.868. The van der Waals surface area contributed by atoms with E-state index in [2.05, 4.69) is 5.32 Å². The van der Waals surface area contributed by atoms with Crippen LogP contribution in [0.2, 0.25) is 0 Å². The molecule has 0 saturated carbocycles. The minimum absolute atomic E-state index is 0.0112. The van der Waals surface area contributed by atoms with E-state index in [1.54, 1.807) is 12.1 Å². The van der Waals surface area contributed by atoms with E-state index in [-0.39, 0.29) is 23.8 Å². The Morgan fingerprint density at radius 2 is 2.11 bits per heavy atom. The van der Waals surface area contributed by atoms with Gasteiger partial charge in [-0.25, -0.2) is 4.39 Å². The van der Waals surface area contributed by atoms with Crippen LogP contribution in [-0.4, -0.2) is 31.1 Å². The minimum atomic E-state index is -0.275. The first-order valence-electron chi connectivity index (χ1n) is 6.15. The van der Waals surface area contributed by atoms with Gasteiger partial charge in [-0.15, -0.1) is 0 Å². The van der Waals surface area contributed by atoms with Gasteiger partial charge in [0, 0.05) is 18.3 Å². The van der Waals surface area contributed by atoms with Gasteiger partial charge in [-0.1, -0.05) is 0 Å². The first-order chi connectivity index (χ1) is 8.63. The number of piperazine rings is 1. The summed E-state index contributed by atoms with van der Waals surface area (Å²) < 4.78 is 13.0. The van der Waals surface area contributed by atoms with Gasteiger partial charge in [0.1, 0.15) is 11.9 Å². The summed E-state index contributed by atoms with van der Waals surface area (Å²) in [6.45, 7) is 3.08. The molecule has 1 aliphatic rings. The number of anilines is 1. The monoisotopic (exact) mass is 251 g/mol. The number of halogens is 1. The van der Waals surface area contributed by atoms with Gasteiger partial charge >= 0.3 is 0 Å². The van der Waals surface area contributed by atoms with Gasteiger partial charge in [0.05, 0.1) is 0 Å². The maximum absolute atomic E-state index is 13.0. The van der Waals surface area contributed by atoms with Crippen LogP contribution in [0.4, 0.5) is 10.1 Å². The second-order valence-electron chi connectivity index (χ2n) is 4.57. The smallest absolute Gasteiger partial charge is 0.242 e. The molecule has 5 heteroatoms. The number of carbonyl (C=O) groups excluding carboxylic acids is 1. The molecule has 1 aromatic rings. The van der Waals surface area contributed by atoms with E-state index in [0.29, 0.717) is 19.5 Å². The standard InChI is InChI=1S/C13H18FN3O/c1-9-8-16-13(18)12(6-7-15)17(9)11-4-2-10(14)3-5-11/h2-5,9,12H,6-8,15H2,1H3,(H,16,18). The van der Waals surface area contributed by atoms with Crippen LogP contribution in [0.15, 0.2) is 24.3 Å². The summed E-state index contributed by atoms with van der Waals surface area (Å²) in [5, 5.41) is 2.87. The summed E-state index contributed by atoms with van der Waals surface area (Å²) in [5.41, 5.74) is 6.42. The zero-order valence-electron chi connectivity index (χ0n) is 10.4. The Bertz CT molecular complexity index is 421. The zero-order chi connectivity index (χ0) is 13.1. The molecule has 1 amide bonds. The molecule has 1 fully saturated rings. The number of hydrogen-bond acceptors (Lipinski definition) is 3. The van der Waals surface area contributed by atoms with Gasteiger partial charge in [0.25, 0.3) is 0 Å². The van der Waals surface area contributed by atoms with Crippen LogP contribution in [0.3, 0.4) is 0 Å². The van der Waals surface area contributed by atoms with E-state index in [4.69, 9.17) is 5.73 Å². The third kappa shape index (κ3) is 2.46. The van der Waals surface area contributed by atoms with E-state index < -0.39 is 0 Å². The number of hydrogen-bond donors (Lipinski definition) is 2. The summed E-state index contributed by atoms with van der Waals surface area (Å²) >= 11 is 0. The molecule has 1 aromatic carbocycles. The number of benzene rings is 1. The predicted molar refractivity (Wildman–Crippen MR) is 68.8 cm³/mol. The van der Waals surface area contributed by atoms with Crippen molar-refractivity contribution in [3.8, 4) is 0 Å². The Hall–Kier alpha value is -1.62. The molecule has 2 atom stereocenters. The van der Waals surface area contributed by atoms with Crippen LogP contribution in [0, 0.1) is 5.82 Å². The zero-order valence-corrected chi connectivity index (χ0v) is 10.4. The molecular weight excluding hydrogens is 233 g/mol. The molecule has 1 heterocycles. The molecule has 98 valence electrons. The highest BCUT2D eigenvalue weighted by Crippen LogP contribution is 2.24. The molecule has 18 heavy (non-hydrogen) atoms. The normalized spacial score (nSPS) is 23.9. The van der Waals surface area contributed by atoms with Gasteiger partial charge < -0.3 is 16.0 Å². The van der Waals surface area contributed by atoms with Crippen molar-refractivity contribution in [2.45, 2.75) is 25.4 Å². The average Bonchev–Trinajstić information content (AvgIpc) is 2.36. The quantitative estimate of drug-likeness (QED) is 0.838. The number of nitrogens with two attached hydrogens (primary N) is 1. The molecule has 4 nitrogen and oxygen atoms in total. The number of carbonyl (C=O) groups is 1. The van der Waals surface area contributed by atoms with Crippen LogP contribution in [0.1, 0.15) is 13.3 Å². The Kier molecular flexibility index (Phi) is 3.81. The Labute approximate surface area is 106 Å². The first kappa shape index (κ1) is 12.8. The molecule has 1 saturated heterocycles.